The summed E-state index contributed by atoms with van der Waals surface area (Å²) in [6, 6.07) is -0.340. The van der Waals surface area contributed by atoms with Crippen molar-refractivity contribution in [3.63, 3.8) is 0 Å². The number of morpholine rings is 1. The van der Waals surface area contributed by atoms with E-state index in [9.17, 15) is 14.4 Å². The minimum absolute atomic E-state index is 0.108. The fourth-order valence-electron chi connectivity index (χ4n) is 4.10. The van der Waals surface area contributed by atoms with Crippen molar-refractivity contribution in [2.75, 3.05) is 31.6 Å². The topological polar surface area (TPSA) is 91.0 Å². The number of nitrogens with zero attached hydrogens (tertiary/aromatic N) is 2. The van der Waals surface area contributed by atoms with Crippen LogP contribution in [0.1, 0.15) is 50.8 Å². The molecule has 0 radical (unpaired) electrons. The number of ether oxygens (including phenoxy) is 1. The first kappa shape index (κ1) is 14.9. The molecule has 0 aliphatic carbocycles. The summed E-state index contributed by atoms with van der Waals surface area (Å²) in [7, 11) is 0. The number of amides is 3. The van der Waals surface area contributed by atoms with Crippen molar-refractivity contribution in [3.8, 4) is 0 Å². The molecule has 1 unspecified atom stereocenters. The summed E-state index contributed by atoms with van der Waals surface area (Å²) in [6.45, 7) is 1.82. The van der Waals surface area contributed by atoms with E-state index in [1.165, 1.54) is 6.07 Å². The zero-order valence-electron chi connectivity index (χ0n) is 26.1. The number of piperidine rings is 1. The number of hydrogen-bond acceptors (Lipinski definition) is 6. The molecule has 2 fully saturated rings. The van der Waals surface area contributed by atoms with Crippen LogP contribution in [0.2, 0.25) is 0 Å². The van der Waals surface area contributed by atoms with Crippen molar-refractivity contribution in [1.29, 1.82) is 0 Å². The number of benzene rings is 2. The molecule has 0 aromatic heterocycles. The number of anilines is 1. The van der Waals surface area contributed by atoms with Crippen molar-refractivity contribution in [1.82, 2.24) is 15.1 Å². The molecule has 178 valence electrons. The first-order chi connectivity index (χ1) is 19.6. The maximum Gasteiger partial charge on any atom is 0.255 e. The lowest BCUT2D eigenvalue weighted by Crippen LogP contribution is -2.52. The molecule has 0 bridgehead atoms. The van der Waals surface area contributed by atoms with E-state index >= 15 is 4.39 Å². The number of rotatable bonds is 6. The van der Waals surface area contributed by atoms with Gasteiger partial charge in [0.15, 0.2) is 0 Å². The molecule has 1 atom stereocenters. The van der Waals surface area contributed by atoms with E-state index < -0.39 is 72.5 Å². The zero-order valence-corrected chi connectivity index (χ0v) is 18.1. The third-order valence-corrected chi connectivity index (χ3v) is 5.87. The average molecular weight is 475 g/mol. The van der Waals surface area contributed by atoms with E-state index in [1.807, 2.05) is 4.90 Å². The molecule has 3 heterocycles. The fourth-order valence-corrected chi connectivity index (χ4v) is 4.10. The maximum atomic E-state index is 15.5. The van der Waals surface area contributed by atoms with Gasteiger partial charge in [-0.25, -0.2) is 4.39 Å². The van der Waals surface area contributed by atoms with Crippen LogP contribution in [0.3, 0.4) is 0 Å². The van der Waals surface area contributed by atoms with Gasteiger partial charge in [-0.1, -0.05) is 24.2 Å². The quantitative estimate of drug-likeness (QED) is 0.623. The molecule has 2 aromatic carbocycles. The van der Waals surface area contributed by atoms with Gasteiger partial charge in [-0.2, -0.15) is 0 Å². The third kappa shape index (κ3) is 4.41. The largest absolute Gasteiger partial charge is 0.381 e. The second-order valence-electron chi connectivity index (χ2n) is 8.01. The maximum absolute atomic E-state index is 15.5. The Hall–Kier alpha value is -3.30. The highest BCUT2D eigenvalue weighted by atomic mass is 19.1. The van der Waals surface area contributed by atoms with Gasteiger partial charge < -0.3 is 15.0 Å². The molecule has 2 saturated heterocycles. The fraction of sp³-hybridized carbons (Fsp3) is 0.400. The Labute approximate surface area is 208 Å². The Kier molecular flexibility index (Phi) is 4.16. The number of hydrogen-bond donors (Lipinski definition) is 2. The van der Waals surface area contributed by atoms with E-state index in [0.29, 0.717) is 43.3 Å². The van der Waals surface area contributed by atoms with Crippen LogP contribution in [0.5, 0.6) is 0 Å². The van der Waals surface area contributed by atoms with Gasteiger partial charge in [0.25, 0.3) is 5.91 Å². The first-order valence-corrected chi connectivity index (χ1v) is 10.7. The minimum atomic E-state index is -3.52. The van der Waals surface area contributed by atoms with Crippen molar-refractivity contribution >= 4 is 23.4 Å². The van der Waals surface area contributed by atoms with Crippen LogP contribution in [-0.2, 0) is 34.0 Å². The lowest BCUT2D eigenvalue weighted by atomic mass is 10.0. The monoisotopic (exact) mass is 474 g/mol. The van der Waals surface area contributed by atoms with Crippen LogP contribution in [0.4, 0.5) is 10.1 Å². The summed E-state index contributed by atoms with van der Waals surface area (Å²) >= 11 is 0. The van der Waals surface area contributed by atoms with E-state index in [4.69, 9.17) is 15.7 Å². The molecule has 2 N–H and O–H groups in total. The van der Waals surface area contributed by atoms with Gasteiger partial charge in [0.05, 0.1) is 18.7 Å². The molecule has 0 spiro atoms. The molecular formula is C25H27FN4O4. The lowest BCUT2D eigenvalue weighted by molar-refractivity contribution is -0.136. The van der Waals surface area contributed by atoms with Gasteiger partial charge in [0.1, 0.15) is 11.8 Å². The first-order valence-electron chi connectivity index (χ1n) is 14.7. The van der Waals surface area contributed by atoms with Gasteiger partial charge in [0.2, 0.25) is 11.8 Å². The normalized spacial score (nSPS) is 29.4. The van der Waals surface area contributed by atoms with E-state index in [2.05, 4.69) is 5.32 Å². The molecule has 3 aliphatic rings. The summed E-state index contributed by atoms with van der Waals surface area (Å²) in [5, 5.41) is 4.47. The average Bonchev–Trinajstić information content (AvgIpc) is 3.29. The summed E-state index contributed by atoms with van der Waals surface area (Å²) in [5.41, 5.74) is -0.0964. The lowest BCUT2D eigenvalue weighted by Gasteiger charge is -2.29. The smallest absolute Gasteiger partial charge is 0.255 e. The Balaban J connectivity index is 1.48. The van der Waals surface area contributed by atoms with Crippen molar-refractivity contribution in [2.45, 2.75) is 38.4 Å². The molecule has 0 saturated carbocycles. The van der Waals surface area contributed by atoms with Crippen molar-refractivity contribution in [2.24, 2.45) is 0 Å². The number of halogens is 1. The number of fused-ring (bicyclic) bond motifs is 1. The van der Waals surface area contributed by atoms with Crippen LogP contribution >= 0.6 is 0 Å². The Morgan fingerprint density at radius 3 is 2.85 bits per heavy atom. The zero-order chi connectivity index (χ0) is 30.8. The molecule has 8 nitrogen and oxygen atoms in total. The van der Waals surface area contributed by atoms with E-state index in [0.717, 1.165) is 0 Å². The SMILES string of the molecule is [2H]c1c([2H])c(NCc2cccc(CN3CCOCC3)c2F)c2c(c1[2H])C(=O)N(C1([2H])C(=O)NC(=O)C([2H])([2H])C1([2H])[2H])C2. The van der Waals surface area contributed by atoms with E-state index in [1.54, 1.807) is 17.4 Å². The van der Waals surface area contributed by atoms with Gasteiger partial charge in [-0.15, -0.1) is 0 Å². The summed E-state index contributed by atoms with van der Waals surface area (Å²) in [4.78, 5) is 40.8. The summed E-state index contributed by atoms with van der Waals surface area (Å²) in [6.07, 6.45) is -6.90. The Morgan fingerprint density at radius 1 is 1.24 bits per heavy atom. The van der Waals surface area contributed by atoms with Crippen molar-refractivity contribution in [3.05, 3.63) is 64.4 Å². The predicted molar refractivity (Wildman–Crippen MR) is 122 cm³/mol. The highest BCUT2D eigenvalue weighted by molar-refractivity contribution is 6.06. The second kappa shape index (κ2) is 9.52. The Bertz CT molecular complexity index is 1500. The Morgan fingerprint density at radius 2 is 2.03 bits per heavy atom. The van der Waals surface area contributed by atoms with Crippen LogP contribution in [0.25, 0.3) is 0 Å². The molecule has 3 aliphatic heterocycles. The molecule has 5 rings (SSSR count). The van der Waals surface area contributed by atoms with Crippen LogP contribution in [-0.4, -0.2) is 59.8 Å². The molecule has 34 heavy (non-hydrogen) atoms. The summed E-state index contributed by atoms with van der Waals surface area (Å²) in [5.74, 6) is -4.90. The molecule has 2 aromatic rings. The highest BCUT2D eigenvalue weighted by Gasteiger charge is 2.39. The van der Waals surface area contributed by atoms with Gasteiger partial charge in [0, 0.05) is 72.5 Å². The predicted octanol–water partition coefficient (Wildman–Crippen LogP) is 2.03. The van der Waals surface area contributed by atoms with Gasteiger partial charge in [-0.3, -0.25) is 24.6 Å². The summed E-state index contributed by atoms with van der Waals surface area (Å²) < 4.78 is 86.9. The molecule has 9 heteroatoms. The third-order valence-electron chi connectivity index (χ3n) is 5.87. The van der Waals surface area contributed by atoms with Crippen LogP contribution in [0, 0.1) is 5.82 Å². The standard InChI is InChI=1S/C25H27FN4O4/c26-23-16(3-1-4-17(23)14-29-9-11-34-12-10-29)13-27-20-6-2-5-18-19(20)15-30(25(18)33)21-7-8-22(31)28-24(21)32/h1-6,21,27H,7-15H2,(H,28,31,32)/i2D,5D,6D,7D2,8D2,21D. The van der Waals surface area contributed by atoms with Crippen LogP contribution < -0.4 is 10.6 Å². The van der Waals surface area contributed by atoms with Gasteiger partial charge in [-0.05, 0) is 18.5 Å². The minimum Gasteiger partial charge on any atom is -0.381 e. The molecular weight excluding hydrogens is 439 g/mol. The van der Waals surface area contributed by atoms with Gasteiger partial charge >= 0.3 is 0 Å². The highest BCUT2D eigenvalue weighted by Crippen LogP contribution is 2.32. The van der Waals surface area contributed by atoms with Crippen LogP contribution in [0.15, 0.2) is 36.3 Å². The molecule has 3 amide bonds. The van der Waals surface area contributed by atoms with Crippen molar-refractivity contribution < 1.29 is 34.5 Å². The number of carbonyl (C=O) groups is 3. The second-order valence-corrected chi connectivity index (χ2v) is 8.01. The van der Waals surface area contributed by atoms with E-state index in [-0.39, 0.29) is 23.4 Å². The number of carbonyl (C=O) groups excluding carboxylic acids is 3. The number of nitrogens with one attached hydrogen (secondary N) is 2. The number of imide groups is 1.